The van der Waals surface area contributed by atoms with Gasteiger partial charge in [-0.1, -0.05) is 57.2 Å². The van der Waals surface area contributed by atoms with Crippen molar-refractivity contribution in [3.63, 3.8) is 0 Å². The zero-order valence-electron chi connectivity index (χ0n) is 15.1. The largest absolute Gasteiger partial charge is 0.456 e. The Morgan fingerprint density at radius 2 is 1.52 bits per heavy atom. The van der Waals surface area contributed by atoms with Crippen LogP contribution in [0.4, 0.5) is 0 Å². The number of furan rings is 1. The van der Waals surface area contributed by atoms with Crippen LogP contribution >= 0.6 is 0 Å². The van der Waals surface area contributed by atoms with Crippen LogP contribution in [0.3, 0.4) is 0 Å². The van der Waals surface area contributed by atoms with Crippen LogP contribution in [-0.4, -0.2) is 4.57 Å². The lowest BCUT2D eigenvalue weighted by Crippen LogP contribution is -2.10. The number of rotatable bonds is 0. The van der Waals surface area contributed by atoms with Crippen LogP contribution in [0, 0.1) is 0 Å². The summed E-state index contributed by atoms with van der Waals surface area (Å²) < 4.78 is 8.64. The standard InChI is InChI=1S/C23H21NO/c1-23(2,3)18-10-7-9-15-17-12-20-16(13-21(17)25-22(15)18)14-8-5-6-11-19(14)24(20)4/h5-13H,1-4H3. The Bertz CT molecular complexity index is 1280. The van der Waals surface area contributed by atoms with E-state index in [0.717, 1.165) is 11.2 Å². The number of hydrogen-bond acceptors (Lipinski definition) is 1. The highest BCUT2D eigenvalue weighted by atomic mass is 16.3. The van der Waals surface area contributed by atoms with E-state index in [1.165, 1.54) is 38.1 Å². The van der Waals surface area contributed by atoms with Crippen LogP contribution in [0.1, 0.15) is 26.3 Å². The summed E-state index contributed by atoms with van der Waals surface area (Å²) in [6.45, 7) is 6.71. The molecule has 5 aromatic rings. The minimum absolute atomic E-state index is 0.0551. The summed E-state index contributed by atoms with van der Waals surface area (Å²) in [5.41, 5.74) is 5.80. The van der Waals surface area contributed by atoms with Crippen molar-refractivity contribution in [3.8, 4) is 0 Å². The Morgan fingerprint density at radius 1 is 0.760 bits per heavy atom. The molecule has 0 fully saturated rings. The fourth-order valence-electron chi connectivity index (χ4n) is 4.04. The first-order valence-corrected chi connectivity index (χ1v) is 8.78. The van der Waals surface area contributed by atoms with Gasteiger partial charge in [0.15, 0.2) is 0 Å². The number of para-hydroxylation sites is 2. The molecular weight excluding hydrogens is 306 g/mol. The number of fused-ring (bicyclic) bond motifs is 6. The number of nitrogens with zero attached hydrogens (tertiary/aromatic N) is 1. The Kier molecular flexibility index (Phi) is 2.72. The molecule has 0 spiro atoms. The van der Waals surface area contributed by atoms with Gasteiger partial charge in [-0.15, -0.1) is 0 Å². The molecule has 2 nitrogen and oxygen atoms in total. The topological polar surface area (TPSA) is 18.1 Å². The van der Waals surface area contributed by atoms with E-state index in [9.17, 15) is 0 Å². The van der Waals surface area contributed by atoms with Gasteiger partial charge in [0.25, 0.3) is 0 Å². The molecule has 0 saturated carbocycles. The Labute approximate surface area is 146 Å². The van der Waals surface area contributed by atoms with Crippen molar-refractivity contribution in [2.45, 2.75) is 26.2 Å². The first-order chi connectivity index (χ1) is 11.9. The van der Waals surface area contributed by atoms with Crippen molar-refractivity contribution in [2.24, 2.45) is 7.05 Å². The smallest absolute Gasteiger partial charge is 0.139 e. The lowest BCUT2D eigenvalue weighted by Gasteiger charge is -2.18. The van der Waals surface area contributed by atoms with Crippen molar-refractivity contribution in [2.75, 3.05) is 0 Å². The van der Waals surface area contributed by atoms with E-state index >= 15 is 0 Å². The molecule has 0 saturated heterocycles. The maximum atomic E-state index is 6.37. The van der Waals surface area contributed by atoms with Gasteiger partial charge >= 0.3 is 0 Å². The van der Waals surface area contributed by atoms with Crippen LogP contribution in [0.15, 0.2) is 59.0 Å². The van der Waals surface area contributed by atoms with Crippen molar-refractivity contribution in [3.05, 3.63) is 60.2 Å². The fourth-order valence-corrected chi connectivity index (χ4v) is 4.04. The molecule has 5 rings (SSSR count). The van der Waals surface area contributed by atoms with Crippen LogP contribution in [0.2, 0.25) is 0 Å². The molecule has 2 heterocycles. The molecule has 2 heteroatoms. The number of benzene rings is 3. The molecule has 0 N–H and O–H groups in total. The lowest BCUT2D eigenvalue weighted by molar-refractivity contribution is 0.573. The summed E-state index contributed by atoms with van der Waals surface area (Å²) in [6, 6.07) is 19.5. The Balaban J connectivity index is 1.97. The molecule has 0 aliphatic rings. The van der Waals surface area contributed by atoms with Gasteiger partial charge in [0.05, 0.1) is 0 Å². The van der Waals surface area contributed by atoms with Crippen LogP contribution in [-0.2, 0) is 12.5 Å². The van der Waals surface area contributed by atoms with E-state index in [2.05, 4.69) is 87.0 Å². The fraction of sp³-hybridized carbons (Fsp3) is 0.217. The van der Waals surface area contributed by atoms with E-state index in [-0.39, 0.29) is 5.41 Å². The zero-order valence-corrected chi connectivity index (χ0v) is 15.1. The summed E-state index contributed by atoms with van der Waals surface area (Å²) in [5.74, 6) is 0. The third kappa shape index (κ3) is 1.91. The summed E-state index contributed by atoms with van der Waals surface area (Å²) in [5, 5.41) is 4.93. The summed E-state index contributed by atoms with van der Waals surface area (Å²) in [4.78, 5) is 0. The molecule has 3 aromatic carbocycles. The maximum absolute atomic E-state index is 6.37. The second kappa shape index (κ2) is 4.66. The Hall–Kier alpha value is -2.74. The van der Waals surface area contributed by atoms with E-state index < -0.39 is 0 Å². The predicted molar refractivity (Wildman–Crippen MR) is 106 cm³/mol. The normalized spacial score (nSPS) is 12.8. The van der Waals surface area contributed by atoms with Gasteiger partial charge in [0, 0.05) is 45.2 Å². The third-order valence-corrected chi connectivity index (χ3v) is 5.34. The van der Waals surface area contributed by atoms with Gasteiger partial charge < -0.3 is 8.98 Å². The van der Waals surface area contributed by atoms with Gasteiger partial charge in [-0.2, -0.15) is 0 Å². The average molecular weight is 327 g/mol. The zero-order chi connectivity index (χ0) is 17.3. The highest BCUT2D eigenvalue weighted by Crippen LogP contribution is 2.39. The first kappa shape index (κ1) is 14.6. The van der Waals surface area contributed by atoms with Crippen molar-refractivity contribution in [1.82, 2.24) is 4.57 Å². The molecule has 0 atom stereocenters. The molecule has 0 aliphatic heterocycles. The van der Waals surface area contributed by atoms with Crippen molar-refractivity contribution in [1.29, 1.82) is 0 Å². The quantitative estimate of drug-likeness (QED) is 0.316. The molecule has 0 aliphatic carbocycles. The molecule has 0 amide bonds. The van der Waals surface area contributed by atoms with E-state index in [1.807, 2.05) is 0 Å². The predicted octanol–water partition coefficient (Wildman–Crippen LogP) is 6.53. The first-order valence-electron chi connectivity index (χ1n) is 8.78. The molecule has 0 radical (unpaired) electrons. The second-order valence-electron chi connectivity index (χ2n) is 7.98. The minimum Gasteiger partial charge on any atom is -0.456 e. The maximum Gasteiger partial charge on any atom is 0.139 e. The molecule has 124 valence electrons. The van der Waals surface area contributed by atoms with Crippen molar-refractivity contribution >= 4 is 43.7 Å². The molecular formula is C23H21NO. The second-order valence-corrected chi connectivity index (χ2v) is 7.98. The number of aryl methyl sites for hydroxylation is 1. The van der Waals surface area contributed by atoms with E-state index in [0.29, 0.717) is 0 Å². The highest BCUT2D eigenvalue weighted by Gasteiger charge is 2.21. The van der Waals surface area contributed by atoms with Crippen molar-refractivity contribution < 1.29 is 4.42 Å². The monoisotopic (exact) mass is 327 g/mol. The Morgan fingerprint density at radius 3 is 2.32 bits per heavy atom. The molecule has 2 aromatic heterocycles. The SMILES string of the molecule is Cn1c2ccccc2c2cc3oc4c(C(C)(C)C)cccc4c3cc21. The minimum atomic E-state index is 0.0551. The number of aromatic nitrogens is 1. The highest BCUT2D eigenvalue weighted by molar-refractivity contribution is 6.16. The third-order valence-electron chi connectivity index (χ3n) is 5.34. The number of hydrogen-bond donors (Lipinski definition) is 0. The summed E-state index contributed by atoms with van der Waals surface area (Å²) in [6.07, 6.45) is 0. The summed E-state index contributed by atoms with van der Waals surface area (Å²) in [7, 11) is 2.14. The average Bonchev–Trinajstić information content (AvgIpc) is 3.08. The van der Waals surface area contributed by atoms with Gasteiger partial charge in [-0.3, -0.25) is 0 Å². The lowest BCUT2D eigenvalue weighted by atomic mass is 9.86. The summed E-state index contributed by atoms with van der Waals surface area (Å²) >= 11 is 0. The van der Waals surface area contributed by atoms with Gasteiger partial charge in [-0.25, -0.2) is 0 Å². The molecule has 0 unspecified atom stereocenters. The van der Waals surface area contributed by atoms with E-state index in [1.54, 1.807) is 0 Å². The van der Waals surface area contributed by atoms with Gasteiger partial charge in [-0.05, 0) is 23.6 Å². The van der Waals surface area contributed by atoms with Crippen LogP contribution in [0.5, 0.6) is 0 Å². The van der Waals surface area contributed by atoms with Crippen LogP contribution < -0.4 is 0 Å². The van der Waals surface area contributed by atoms with Gasteiger partial charge in [0.2, 0.25) is 0 Å². The van der Waals surface area contributed by atoms with E-state index in [4.69, 9.17) is 4.42 Å². The molecule has 25 heavy (non-hydrogen) atoms. The van der Waals surface area contributed by atoms with Crippen LogP contribution in [0.25, 0.3) is 43.7 Å². The van der Waals surface area contributed by atoms with Gasteiger partial charge in [0.1, 0.15) is 11.2 Å². The molecule has 0 bridgehead atoms.